The number of piperidine rings is 1. The predicted molar refractivity (Wildman–Crippen MR) is 137 cm³/mol. The van der Waals surface area contributed by atoms with Crippen molar-refractivity contribution in [3.8, 4) is 5.75 Å². The van der Waals surface area contributed by atoms with E-state index in [1.54, 1.807) is 43.0 Å². The Morgan fingerprint density at radius 2 is 1.91 bits per heavy atom. The van der Waals surface area contributed by atoms with Crippen LogP contribution in [0.5, 0.6) is 5.75 Å². The number of aryl methyl sites for hydroxylation is 1. The number of nitrogens with zero attached hydrogens (tertiary/aromatic N) is 1. The molecule has 2 aliphatic rings. The molecule has 5 heteroatoms. The highest BCUT2D eigenvalue weighted by atomic mass is 16.5. The number of ether oxygens (including phenoxy) is 1. The lowest BCUT2D eigenvalue weighted by atomic mass is 9.86. The van der Waals surface area contributed by atoms with Crippen LogP contribution in [-0.4, -0.2) is 41.2 Å². The van der Waals surface area contributed by atoms with Crippen LogP contribution in [0.1, 0.15) is 47.2 Å². The average Bonchev–Trinajstić information content (AvgIpc) is 3.38. The molecule has 1 saturated heterocycles. The van der Waals surface area contributed by atoms with Gasteiger partial charge in [0.1, 0.15) is 5.75 Å². The highest BCUT2D eigenvalue weighted by Crippen LogP contribution is 2.34. The number of hydrogen-bond donors (Lipinski definition) is 2. The Bertz CT molecular complexity index is 1170. The van der Waals surface area contributed by atoms with Crippen molar-refractivity contribution in [2.75, 3.05) is 20.2 Å². The molecule has 178 valence electrons. The first-order valence-electron chi connectivity index (χ1n) is 12.1. The van der Waals surface area contributed by atoms with Crippen LogP contribution in [0.25, 0.3) is 10.9 Å². The van der Waals surface area contributed by atoms with Crippen molar-refractivity contribution in [2.24, 2.45) is 5.92 Å². The maximum absolute atomic E-state index is 10.2. The van der Waals surface area contributed by atoms with Crippen LogP contribution in [0.4, 0.5) is 0 Å². The van der Waals surface area contributed by atoms with Crippen molar-refractivity contribution in [1.82, 2.24) is 9.88 Å². The highest BCUT2D eigenvalue weighted by Gasteiger charge is 2.23. The van der Waals surface area contributed by atoms with Crippen LogP contribution in [0, 0.1) is 12.8 Å². The Hall–Kier alpha value is -3.31. The maximum Gasteiger partial charge on any atom is 0.335 e. The van der Waals surface area contributed by atoms with Crippen molar-refractivity contribution in [3.05, 3.63) is 89.2 Å². The maximum atomic E-state index is 10.2. The summed E-state index contributed by atoms with van der Waals surface area (Å²) in [6, 6.07) is 12.6. The smallest absolute Gasteiger partial charge is 0.335 e. The van der Waals surface area contributed by atoms with Crippen LogP contribution in [0.2, 0.25) is 0 Å². The lowest BCUT2D eigenvalue weighted by Crippen LogP contribution is -2.34. The van der Waals surface area contributed by atoms with Crippen molar-refractivity contribution in [3.63, 3.8) is 0 Å². The molecule has 0 amide bonds. The zero-order valence-corrected chi connectivity index (χ0v) is 20.1. The van der Waals surface area contributed by atoms with Gasteiger partial charge in [-0.1, -0.05) is 36.4 Å². The lowest BCUT2D eigenvalue weighted by molar-refractivity contribution is 0.0697. The molecule has 34 heavy (non-hydrogen) atoms. The minimum atomic E-state index is -0.879. The molecule has 0 unspecified atom stereocenters. The van der Waals surface area contributed by atoms with Crippen molar-refractivity contribution < 1.29 is 14.6 Å². The largest absolute Gasteiger partial charge is 0.496 e. The summed E-state index contributed by atoms with van der Waals surface area (Å²) >= 11 is 0. The van der Waals surface area contributed by atoms with Crippen LogP contribution >= 0.6 is 0 Å². The molecule has 1 aliphatic carbocycles. The molecule has 1 aromatic heterocycles. The minimum Gasteiger partial charge on any atom is -0.496 e. The van der Waals surface area contributed by atoms with E-state index in [9.17, 15) is 4.79 Å². The third-order valence-corrected chi connectivity index (χ3v) is 6.82. The number of aromatic nitrogens is 1. The standard InChI is InChI=1S/C22H28N2O.C7H6O2/c1-16-14-21(25-2)20(19-8-11-23-22(16)19)15-24-12-9-18(10-13-24)17-6-4-3-5-7-17;8-7(9)6-4-2-1-3-5-6/h4,6-8,11,14,18,23H,3,5,9-10,12-13,15H2,1-2H3;1-5H,(H,8,9). The topological polar surface area (TPSA) is 65.6 Å². The molecule has 5 rings (SSSR count). The number of hydrogen-bond acceptors (Lipinski definition) is 3. The summed E-state index contributed by atoms with van der Waals surface area (Å²) in [7, 11) is 1.78. The molecule has 2 aromatic carbocycles. The number of H-pyrrole nitrogens is 1. The summed E-state index contributed by atoms with van der Waals surface area (Å²) in [5, 5.41) is 9.69. The number of nitrogens with one attached hydrogen (secondary N) is 1. The summed E-state index contributed by atoms with van der Waals surface area (Å²) in [5.74, 6) is 0.889. The number of allylic oxidation sites excluding steroid dienone is 4. The van der Waals surface area contributed by atoms with Crippen LogP contribution in [-0.2, 0) is 6.54 Å². The SMILES string of the molecule is COc1cc(C)c2[nH]ccc2c1CN1CCC(C2=CCCC=C2)CC1.O=C(O)c1ccccc1. The van der Waals surface area contributed by atoms with Gasteiger partial charge in [0.05, 0.1) is 12.7 Å². The van der Waals surface area contributed by atoms with Crippen molar-refractivity contribution in [1.29, 1.82) is 0 Å². The molecule has 0 spiro atoms. The number of fused-ring (bicyclic) bond motifs is 1. The number of carboxylic acid groups (broad SMARTS) is 1. The number of benzene rings is 2. The number of aromatic carboxylic acids is 1. The number of methoxy groups -OCH3 is 1. The second-order valence-corrected chi connectivity index (χ2v) is 9.05. The first-order chi connectivity index (χ1) is 16.6. The second kappa shape index (κ2) is 11.2. The molecule has 2 N–H and O–H groups in total. The Morgan fingerprint density at radius 3 is 2.53 bits per heavy atom. The summed E-state index contributed by atoms with van der Waals surface area (Å²) in [6.07, 6.45) is 14.1. The van der Waals surface area contributed by atoms with Gasteiger partial charge in [-0.25, -0.2) is 4.79 Å². The third kappa shape index (κ3) is 5.60. The van der Waals surface area contributed by atoms with Crippen molar-refractivity contribution in [2.45, 2.75) is 39.2 Å². The zero-order valence-electron chi connectivity index (χ0n) is 20.1. The number of likely N-dealkylation sites (tertiary alicyclic amines) is 1. The number of carboxylic acids is 1. The summed E-state index contributed by atoms with van der Waals surface area (Å²) in [6.45, 7) is 5.44. The minimum absolute atomic E-state index is 0.331. The molecule has 0 bridgehead atoms. The Balaban J connectivity index is 0.000000257. The van der Waals surface area contributed by atoms with Gasteiger partial charge >= 0.3 is 5.97 Å². The number of rotatable bonds is 5. The second-order valence-electron chi connectivity index (χ2n) is 9.05. The van der Waals surface area contributed by atoms with E-state index >= 15 is 0 Å². The highest BCUT2D eigenvalue weighted by molar-refractivity contribution is 5.88. The van der Waals surface area contributed by atoms with Gasteiger partial charge in [0, 0.05) is 29.2 Å². The lowest BCUT2D eigenvalue weighted by Gasteiger charge is -2.33. The summed E-state index contributed by atoms with van der Waals surface area (Å²) in [5.41, 5.74) is 5.71. The van der Waals surface area contributed by atoms with E-state index in [-0.39, 0.29) is 0 Å². The van der Waals surface area contributed by atoms with E-state index in [1.165, 1.54) is 60.8 Å². The van der Waals surface area contributed by atoms with E-state index < -0.39 is 5.97 Å². The fourth-order valence-electron chi connectivity index (χ4n) is 4.95. The van der Waals surface area contributed by atoms with Gasteiger partial charge in [-0.3, -0.25) is 4.90 Å². The van der Waals surface area contributed by atoms with Crippen molar-refractivity contribution >= 4 is 16.9 Å². The molecule has 1 fully saturated rings. The van der Waals surface area contributed by atoms with Crippen LogP contribution in [0.3, 0.4) is 0 Å². The third-order valence-electron chi connectivity index (χ3n) is 6.82. The van der Waals surface area contributed by atoms with E-state index in [4.69, 9.17) is 9.84 Å². The van der Waals surface area contributed by atoms with Gasteiger partial charge in [0.2, 0.25) is 0 Å². The fraction of sp³-hybridized carbons (Fsp3) is 0.345. The van der Waals surface area contributed by atoms with Gasteiger partial charge in [-0.05, 0) is 87.0 Å². The quantitative estimate of drug-likeness (QED) is 0.467. The average molecular weight is 459 g/mol. The van der Waals surface area contributed by atoms with E-state index in [0.717, 1.165) is 18.2 Å². The Labute approximate surface area is 201 Å². The molecular weight excluding hydrogens is 424 g/mol. The fourth-order valence-corrected chi connectivity index (χ4v) is 4.95. The monoisotopic (exact) mass is 458 g/mol. The zero-order chi connectivity index (χ0) is 23.9. The normalized spacial score (nSPS) is 16.6. The molecule has 1 aliphatic heterocycles. The van der Waals surface area contributed by atoms with Gasteiger partial charge in [0.25, 0.3) is 0 Å². The summed E-state index contributed by atoms with van der Waals surface area (Å²) in [4.78, 5) is 16.2. The van der Waals surface area contributed by atoms with Crippen LogP contribution < -0.4 is 4.74 Å². The number of aromatic amines is 1. The van der Waals surface area contributed by atoms with Gasteiger partial charge in [0.15, 0.2) is 0 Å². The van der Waals surface area contributed by atoms with E-state index in [0.29, 0.717) is 5.56 Å². The van der Waals surface area contributed by atoms with Gasteiger partial charge < -0.3 is 14.8 Å². The summed E-state index contributed by atoms with van der Waals surface area (Å²) < 4.78 is 5.70. The predicted octanol–water partition coefficient (Wildman–Crippen LogP) is 6.36. The van der Waals surface area contributed by atoms with E-state index in [1.807, 2.05) is 6.20 Å². The molecule has 0 radical (unpaired) electrons. The molecular formula is C29H34N2O3. The molecule has 0 atom stereocenters. The van der Waals surface area contributed by atoms with Gasteiger partial charge in [-0.15, -0.1) is 0 Å². The molecule has 2 heterocycles. The van der Waals surface area contributed by atoms with Crippen LogP contribution in [0.15, 0.2) is 72.5 Å². The molecule has 3 aromatic rings. The number of carbonyl (C=O) groups is 1. The Morgan fingerprint density at radius 1 is 1.15 bits per heavy atom. The molecule has 5 nitrogen and oxygen atoms in total. The Kier molecular flexibility index (Phi) is 7.86. The first kappa shape index (κ1) is 23.8. The molecule has 0 saturated carbocycles. The first-order valence-corrected chi connectivity index (χ1v) is 12.1. The van der Waals surface area contributed by atoms with Gasteiger partial charge in [-0.2, -0.15) is 0 Å². The van der Waals surface area contributed by atoms with E-state index in [2.05, 4.69) is 47.2 Å².